The van der Waals surface area contributed by atoms with Gasteiger partial charge in [-0.25, -0.2) is 4.39 Å². The van der Waals surface area contributed by atoms with Crippen LogP contribution in [0.2, 0.25) is 0 Å². The Balaban J connectivity index is 2.09. The number of benzene rings is 1. The minimum atomic E-state index is -0.223. The van der Waals surface area contributed by atoms with Crippen LogP contribution in [-0.4, -0.2) is 42.7 Å². The van der Waals surface area contributed by atoms with Gasteiger partial charge in [0, 0.05) is 28.6 Å². The third-order valence-corrected chi connectivity index (χ3v) is 6.28. The highest BCUT2D eigenvalue weighted by Gasteiger charge is 2.24. The van der Waals surface area contributed by atoms with Gasteiger partial charge < -0.3 is 10.1 Å². The molecule has 5 heteroatoms. The molecule has 0 radical (unpaired) electrons. The van der Waals surface area contributed by atoms with Crippen LogP contribution in [0.15, 0.2) is 18.2 Å². The number of rotatable bonds is 5. The van der Waals surface area contributed by atoms with Gasteiger partial charge in [-0.05, 0) is 25.1 Å². The van der Waals surface area contributed by atoms with Gasteiger partial charge in [-0.1, -0.05) is 12.1 Å². The second-order valence-electron chi connectivity index (χ2n) is 4.52. The number of likely N-dealkylation sites (N-methyl/N-ethyl adjacent to an activating group) is 1. The Kier molecular flexibility index (Phi) is 5.85. The fourth-order valence-electron chi connectivity index (χ4n) is 2.27. The van der Waals surface area contributed by atoms with E-state index in [1.807, 2.05) is 42.7 Å². The first-order valence-corrected chi connectivity index (χ1v) is 8.64. The smallest absolute Gasteiger partial charge is 0.168 e. The molecule has 0 bridgehead atoms. The van der Waals surface area contributed by atoms with Crippen molar-refractivity contribution in [2.45, 2.75) is 17.7 Å². The van der Waals surface area contributed by atoms with E-state index in [1.165, 1.54) is 18.6 Å². The zero-order valence-electron chi connectivity index (χ0n) is 11.3. The molecule has 106 valence electrons. The summed E-state index contributed by atoms with van der Waals surface area (Å²) in [5.74, 6) is 3.66. The van der Waals surface area contributed by atoms with Gasteiger partial charge in [0.05, 0.1) is 7.11 Å². The van der Waals surface area contributed by atoms with Crippen molar-refractivity contribution < 1.29 is 9.13 Å². The molecule has 0 amide bonds. The van der Waals surface area contributed by atoms with Gasteiger partial charge in [0.25, 0.3) is 0 Å². The number of ether oxygens (including phenoxy) is 1. The Morgan fingerprint density at radius 2 is 2.32 bits per heavy atom. The Morgan fingerprint density at radius 1 is 1.47 bits per heavy atom. The third kappa shape index (κ3) is 3.80. The predicted octanol–water partition coefficient (Wildman–Crippen LogP) is 2.81. The highest BCUT2D eigenvalue weighted by Crippen LogP contribution is 2.29. The van der Waals surface area contributed by atoms with E-state index in [2.05, 4.69) is 5.32 Å². The molecule has 1 fully saturated rings. The van der Waals surface area contributed by atoms with Gasteiger partial charge in [0.2, 0.25) is 0 Å². The van der Waals surface area contributed by atoms with Crippen LogP contribution in [0.4, 0.5) is 4.39 Å². The number of methoxy groups -OCH3 is 1. The molecule has 0 aliphatic carbocycles. The lowest BCUT2D eigenvalue weighted by atomic mass is 10.0. The standard InChI is InChI=1S/C14H20FNOS2/c1-16-11(13-9-18-6-7-19-13)8-10-4-3-5-12(17-2)14(10)15/h3-5,11,13,16H,6-9H2,1-2H3. The van der Waals surface area contributed by atoms with Gasteiger partial charge in [-0.3, -0.25) is 0 Å². The lowest BCUT2D eigenvalue weighted by Crippen LogP contribution is -2.40. The zero-order chi connectivity index (χ0) is 13.7. The molecule has 19 heavy (non-hydrogen) atoms. The van der Waals surface area contributed by atoms with Crippen LogP contribution in [0.5, 0.6) is 5.75 Å². The van der Waals surface area contributed by atoms with E-state index < -0.39 is 0 Å². The van der Waals surface area contributed by atoms with Gasteiger partial charge in [-0.2, -0.15) is 23.5 Å². The lowest BCUT2D eigenvalue weighted by molar-refractivity contribution is 0.382. The molecule has 1 aliphatic heterocycles. The average Bonchev–Trinajstić information content (AvgIpc) is 2.47. The van der Waals surface area contributed by atoms with Crippen LogP contribution in [0.25, 0.3) is 0 Å². The number of thioether (sulfide) groups is 2. The highest BCUT2D eigenvalue weighted by atomic mass is 32.2. The maximum Gasteiger partial charge on any atom is 0.168 e. The van der Waals surface area contributed by atoms with E-state index in [-0.39, 0.29) is 5.82 Å². The van der Waals surface area contributed by atoms with Crippen LogP contribution >= 0.6 is 23.5 Å². The minimum Gasteiger partial charge on any atom is -0.494 e. The van der Waals surface area contributed by atoms with Crippen molar-refractivity contribution in [2.24, 2.45) is 0 Å². The van der Waals surface area contributed by atoms with Crippen molar-refractivity contribution >= 4 is 23.5 Å². The molecular weight excluding hydrogens is 281 g/mol. The normalized spacial score (nSPS) is 21.1. The summed E-state index contributed by atoms with van der Waals surface area (Å²) in [5.41, 5.74) is 0.731. The van der Waals surface area contributed by atoms with Crippen LogP contribution in [0.3, 0.4) is 0 Å². The Bertz CT molecular complexity index is 410. The van der Waals surface area contributed by atoms with E-state index in [1.54, 1.807) is 6.07 Å². The summed E-state index contributed by atoms with van der Waals surface area (Å²) in [6, 6.07) is 5.67. The minimum absolute atomic E-state index is 0.223. The molecule has 1 saturated heterocycles. The van der Waals surface area contributed by atoms with Crippen molar-refractivity contribution in [3.05, 3.63) is 29.6 Å². The van der Waals surface area contributed by atoms with Crippen LogP contribution < -0.4 is 10.1 Å². The van der Waals surface area contributed by atoms with E-state index >= 15 is 0 Å². The van der Waals surface area contributed by atoms with E-state index in [4.69, 9.17) is 4.74 Å². The number of hydrogen-bond acceptors (Lipinski definition) is 4. The van der Waals surface area contributed by atoms with Crippen molar-refractivity contribution in [2.75, 3.05) is 31.4 Å². The van der Waals surface area contributed by atoms with E-state index in [9.17, 15) is 4.39 Å². The monoisotopic (exact) mass is 301 g/mol. The molecule has 0 saturated carbocycles. The van der Waals surface area contributed by atoms with Crippen molar-refractivity contribution in [3.8, 4) is 5.75 Å². The summed E-state index contributed by atoms with van der Waals surface area (Å²) in [6.07, 6.45) is 0.706. The summed E-state index contributed by atoms with van der Waals surface area (Å²) in [7, 11) is 3.47. The molecule has 1 N–H and O–H groups in total. The first-order valence-electron chi connectivity index (χ1n) is 6.44. The first kappa shape index (κ1) is 15.0. The third-order valence-electron chi connectivity index (χ3n) is 3.36. The number of nitrogens with one attached hydrogen (secondary N) is 1. The Labute approximate surface area is 122 Å². The molecule has 2 unspecified atom stereocenters. The highest BCUT2D eigenvalue weighted by molar-refractivity contribution is 8.06. The molecule has 1 heterocycles. The van der Waals surface area contributed by atoms with E-state index in [0.717, 1.165) is 11.3 Å². The number of hydrogen-bond donors (Lipinski definition) is 1. The van der Waals surface area contributed by atoms with Crippen molar-refractivity contribution in [3.63, 3.8) is 0 Å². The largest absolute Gasteiger partial charge is 0.494 e. The molecule has 1 aliphatic rings. The summed E-state index contributed by atoms with van der Waals surface area (Å²) >= 11 is 3.98. The van der Waals surface area contributed by atoms with E-state index in [0.29, 0.717) is 23.5 Å². The maximum absolute atomic E-state index is 14.2. The van der Waals surface area contributed by atoms with Crippen LogP contribution in [0, 0.1) is 5.82 Å². The summed E-state index contributed by atoms with van der Waals surface area (Å²) in [6.45, 7) is 0. The molecular formula is C14H20FNOS2. The zero-order valence-corrected chi connectivity index (χ0v) is 13.0. The molecule has 2 nitrogen and oxygen atoms in total. The molecule has 1 aromatic rings. The van der Waals surface area contributed by atoms with Crippen molar-refractivity contribution in [1.29, 1.82) is 0 Å². The topological polar surface area (TPSA) is 21.3 Å². The van der Waals surface area contributed by atoms with Gasteiger partial charge in [-0.15, -0.1) is 0 Å². The molecule has 2 atom stereocenters. The van der Waals surface area contributed by atoms with Crippen LogP contribution in [-0.2, 0) is 6.42 Å². The second kappa shape index (κ2) is 7.41. The van der Waals surface area contributed by atoms with Gasteiger partial charge in [0.1, 0.15) is 0 Å². The Morgan fingerprint density at radius 3 is 2.95 bits per heavy atom. The number of halogens is 1. The SMILES string of the molecule is CNC(Cc1cccc(OC)c1F)C1CSCCS1. The summed E-state index contributed by atoms with van der Waals surface area (Å²) in [5, 5.41) is 3.89. The molecule has 1 aromatic carbocycles. The Hall–Kier alpha value is -0.390. The average molecular weight is 301 g/mol. The summed E-state index contributed by atoms with van der Waals surface area (Å²) < 4.78 is 19.2. The van der Waals surface area contributed by atoms with Crippen molar-refractivity contribution in [1.82, 2.24) is 5.32 Å². The first-order chi connectivity index (χ1) is 9.26. The fraction of sp³-hybridized carbons (Fsp3) is 0.571. The predicted molar refractivity (Wildman–Crippen MR) is 83.1 cm³/mol. The van der Waals surface area contributed by atoms with Gasteiger partial charge >= 0.3 is 0 Å². The lowest BCUT2D eigenvalue weighted by Gasteiger charge is -2.29. The molecule has 0 aromatic heterocycles. The maximum atomic E-state index is 14.2. The summed E-state index contributed by atoms with van der Waals surface area (Å²) in [4.78, 5) is 0. The van der Waals surface area contributed by atoms with Gasteiger partial charge in [0.15, 0.2) is 11.6 Å². The molecule has 0 spiro atoms. The van der Waals surface area contributed by atoms with Crippen LogP contribution in [0.1, 0.15) is 5.56 Å². The quantitative estimate of drug-likeness (QED) is 0.902. The molecule has 2 rings (SSSR count). The fourth-order valence-corrected chi connectivity index (χ4v) is 5.19. The second-order valence-corrected chi connectivity index (χ2v) is 7.01.